The Morgan fingerprint density at radius 1 is 1.20 bits per heavy atom. The number of amides is 1. The van der Waals surface area contributed by atoms with Crippen LogP contribution in [0, 0.1) is 0 Å². The molecule has 1 aliphatic rings. The summed E-state index contributed by atoms with van der Waals surface area (Å²) in [6.07, 6.45) is 0. The number of rotatable bonds is 6. The molecule has 6 heteroatoms. The van der Waals surface area contributed by atoms with E-state index in [4.69, 9.17) is 21.1 Å². The fourth-order valence-electron chi connectivity index (χ4n) is 2.75. The number of fused-ring (bicyclic) bond motifs is 1. The smallest absolute Gasteiger partial charge is 0.255 e. The zero-order valence-corrected chi connectivity index (χ0v) is 15.1. The first-order chi connectivity index (χ1) is 12.1. The van der Waals surface area contributed by atoms with Crippen LogP contribution in [0.25, 0.3) is 0 Å². The molecule has 0 aliphatic carbocycles. The van der Waals surface area contributed by atoms with Gasteiger partial charge in [0.25, 0.3) is 5.91 Å². The van der Waals surface area contributed by atoms with Crippen LogP contribution >= 0.6 is 11.6 Å². The fourth-order valence-corrected chi connectivity index (χ4v) is 3.02. The van der Waals surface area contributed by atoms with E-state index in [0.29, 0.717) is 22.1 Å². The Kier molecular flexibility index (Phi) is 5.46. The van der Waals surface area contributed by atoms with E-state index in [1.165, 1.54) is 0 Å². The maximum Gasteiger partial charge on any atom is 0.255 e. The van der Waals surface area contributed by atoms with Crippen LogP contribution in [-0.4, -0.2) is 30.7 Å². The van der Waals surface area contributed by atoms with Crippen molar-refractivity contribution in [1.29, 1.82) is 0 Å². The van der Waals surface area contributed by atoms with Crippen molar-refractivity contribution in [2.24, 2.45) is 0 Å². The van der Waals surface area contributed by atoms with Gasteiger partial charge in [-0.15, -0.1) is 0 Å². The molecule has 25 heavy (non-hydrogen) atoms. The third-order valence-corrected chi connectivity index (χ3v) is 4.46. The molecule has 1 amide bonds. The zero-order chi connectivity index (χ0) is 17.8. The highest BCUT2D eigenvalue weighted by Crippen LogP contribution is 2.39. The van der Waals surface area contributed by atoms with E-state index < -0.39 is 0 Å². The molecule has 2 aromatic carbocycles. The Hall–Kier alpha value is -2.24. The fraction of sp³-hybridized carbons (Fsp3) is 0.316. The summed E-state index contributed by atoms with van der Waals surface area (Å²) in [5.74, 6) is 0.743. The van der Waals surface area contributed by atoms with Gasteiger partial charge in [0.15, 0.2) is 11.5 Å². The highest BCUT2D eigenvalue weighted by molar-refractivity contribution is 6.32. The molecular formula is C19H21ClN2O3. The molecule has 1 heterocycles. The lowest BCUT2D eigenvalue weighted by Gasteiger charge is -2.18. The van der Waals surface area contributed by atoms with Gasteiger partial charge in [-0.25, -0.2) is 0 Å². The molecule has 0 atom stereocenters. The number of hydrogen-bond acceptors (Lipinski definition) is 4. The van der Waals surface area contributed by atoms with Gasteiger partial charge in [0.05, 0.1) is 5.02 Å². The number of hydrogen-bond donors (Lipinski definition) is 1. The number of nitrogens with one attached hydrogen (secondary N) is 1. The van der Waals surface area contributed by atoms with E-state index in [2.05, 4.69) is 30.1 Å². The molecule has 0 radical (unpaired) electrons. The highest BCUT2D eigenvalue weighted by Gasteiger charge is 2.20. The number of benzene rings is 2. The molecule has 132 valence electrons. The lowest BCUT2D eigenvalue weighted by atomic mass is 10.1. The number of carbonyl (C=O) groups excluding carboxylic acids is 1. The minimum atomic E-state index is -0.236. The van der Waals surface area contributed by atoms with Crippen LogP contribution in [0.1, 0.15) is 29.8 Å². The van der Waals surface area contributed by atoms with Gasteiger partial charge in [-0.1, -0.05) is 37.6 Å². The van der Waals surface area contributed by atoms with Crippen molar-refractivity contribution in [3.63, 3.8) is 0 Å². The molecule has 0 fully saturated rings. The Bertz CT molecular complexity index is 775. The number of ether oxygens (including phenoxy) is 2. The molecule has 0 spiro atoms. The summed E-state index contributed by atoms with van der Waals surface area (Å²) in [7, 11) is 0. The van der Waals surface area contributed by atoms with Crippen LogP contribution < -0.4 is 14.8 Å². The molecule has 0 saturated heterocycles. The van der Waals surface area contributed by atoms with Crippen molar-refractivity contribution >= 4 is 23.2 Å². The number of nitrogens with zero attached hydrogens (tertiary/aromatic N) is 1. The van der Waals surface area contributed by atoms with E-state index in [1.54, 1.807) is 12.1 Å². The van der Waals surface area contributed by atoms with Gasteiger partial charge in [0.2, 0.25) is 6.79 Å². The summed E-state index contributed by atoms with van der Waals surface area (Å²) in [6, 6.07) is 11.1. The summed E-state index contributed by atoms with van der Waals surface area (Å²) in [6.45, 7) is 7.22. The second-order valence-corrected chi connectivity index (χ2v) is 6.21. The minimum absolute atomic E-state index is 0.119. The van der Waals surface area contributed by atoms with E-state index >= 15 is 0 Å². The number of carbonyl (C=O) groups is 1. The lowest BCUT2D eigenvalue weighted by Crippen LogP contribution is -2.22. The van der Waals surface area contributed by atoms with Gasteiger partial charge in [0.1, 0.15) is 0 Å². The Morgan fingerprint density at radius 3 is 2.76 bits per heavy atom. The van der Waals surface area contributed by atoms with Gasteiger partial charge < -0.3 is 14.8 Å². The summed E-state index contributed by atoms with van der Waals surface area (Å²) in [4.78, 5) is 14.9. The van der Waals surface area contributed by atoms with Gasteiger partial charge in [-0.2, -0.15) is 0 Å². The second kappa shape index (κ2) is 7.76. The standard InChI is InChI=1S/C19H21ClN2O3/c1-3-22(4-2)11-13-6-5-7-15(8-13)21-19(23)14-9-16(20)18-17(10-14)24-12-25-18/h5-10H,3-4,11-12H2,1-2H3,(H,21,23). The molecule has 0 saturated carbocycles. The van der Waals surface area contributed by atoms with Gasteiger partial charge in [-0.05, 0) is 42.9 Å². The Labute approximate surface area is 152 Å². The summed E-state index contributed by atoms with van der Waals surface area (Å²) in [5.41, 5.74) is 2.34. The van der Waals surface area contributed by atoms with Crippen molar-refractivity contribution in [2.45, 2.75) is 20.4 Å². The van der Waals surface area contributed by atoms with E-state index in [1.807, 2.05) is 18.2 Å². The minimum Gasteiger partial charge on any atom is -0.454 e. The predicted octanol–water partition coefficient (Wildman–Crippen LogP) is 4.16. The van der Waals surface area contributed by atoms with Crippen LogP contribution in [0.3, 0.4) is 0 Å². The summed E-state index contributed by atoms with van der Waals surface area (Å²) >= 11 is 6.15. The summed E-state index contributed by atoms with van der Waals surface area (Å²) < 4.78 is 10.6. The van der Waals surface area contributed by atoms with E-state index in [9.17, 15) is 4.79 Å². The topological polar surface area (TPSA) is 50.8 Å². The Balaban J connectivity index is 1.74. The Morgan fingerprint density at radius 2 is 2.00 bits per heavy atom. The molecule has 0 aromatic heterocycles. The first kappa shape index (κ1) is 17.6. The third kappa shape index (κ3) is 4.06. The van der Waals surface area contributed by atoms with Crippen LogP contribution in [0.15, 0.2) is 36.4 Å². The van der Waals surface area contributed by atoms with Crippen molar-refractivity contribution in [3.8, 4) is 11.5 Å². The predicted molar refractivity (Wildman–Crippen MR) is 98.6 cm³/mol. The quantitative estimate of drug-likeness (QED) is 0.840. The number of halogens is 1. The first-order valence-electron chi connectivity index (χ1n) is 8.32. The zero-order valence-electron chi connectivity index (χ0n) is 14.3. The van der Waals surface area contributed by atoms with Gasteiger partial charge >= 0.3 is 0 Å². The molecule has 5 nitrogen and oxygen atoms in total. The second-order valence-electron chi connectivity index (χ2n) is 5.81. The number of anilines is 1. The normalized spacial score (nSPS) is 12.5. The SMILES string of the molecule is CCN(CC)Cc1cccc(NC(=O)c2cc(Cl)c3c(c2)OCO3)c1. The van der Waals surface area contributed by atoms with E-state index in [-0.39, 0.29) is 12.7 Å². The van der Waals surface area contributed by atoms with Crippen LogP contribution in [-0.2, 0) is 6.54 Å². The monoisotopic (exact) mass is 360 g/mol. The van der Waals surface area contributed by atoms with Crippen molar-refractivity contribution in [2.75, 3.05) is 25.2 Å². The summed E-state index contributed by atoms with van der Waals surface area (Å²) in [5, 5.41) is 3.28. The molecule has 2 aromatic rings. The first-order valence-corrected chi connectivity index (χ1v) is 8.70. The van der Waals surface area contributed by atoms with Gasteiger partial charge in [-0.3, -0.25) is 9.69 Å². The maximum absolute atomic E-state index is 12.5. The van der Waals surface area contributed by atoms with Crippen LogP contribution in [0.2, 0.25) is 5.02 Å². The third-order valence-electron chi connectivity index (χ3n) is 4.17. The average molecular weight is 361 g/mol. The van der Waals surface area contributed by atoms with Crippen LogP contribution in [0.4, 0.5) is 5.69 Å². The largest absolute Gasteiger partial charge is 0.454 e. The molecule has 0 unspecified atom stereocenters. The van der Waals surface area contributed by atoms with Crippen molar-refractivity contribution in [1.82, 2.24) is 4.90 Å². The van der Waals surface area contributed by atoms with Crippen molar-refractivity contribution in [3.05, 3.63) is 52.5 Å². The molecular weight excluding hydrogens is 340 g/mol. The van der Waals surface area contributed by atoms with Gasteiger partial charge in [0, 0.05) is 17.8 Å². The molecule has 1 N–H and O–H groups in total. The molecule has 0 bridgehead atoms. The lowest BCUT2D eigenvalue weighted by molar-refractivity contribution is 0.102. The molecule has 3 rings (SSSR count). The maximum atomic E-state index is 12.5. The average Bonchev–Trinajstić information content (AvgIpc) is 3.09. The molecule has 1 aliphatic heterocycles. The van der Waals surface area contributed by atoms with E-state index in [0.717, 1.165) is 30.9 Å². The van der Waals surface area contributed by atoms with Crippen LogP contribution in [0.5, 0.6) is 11.5 Å². The van der Waals surface area contributed by atoms with Crippen molar-refractivity contribution < 1.29 is 14.3 Å². The highest BCUT2D eigenvalue weighted by atomic mass is 35.5.